The van der Waals surface area contributed by atoms with Crippen molar-refractivity contribution in [3.05, 3.63) is 77.9 Å². The Labute approximate surface area is 207 Å². The first-order chi connectivity index (χ1) is 16.9. The molecule has 0 bridgehead atoms. The Morgan fingerprint density at radius 1 is 1.00 bits per heavy atom. The van der Waals surface area contributed by atoms with Crippen LogP contribution in [0.4, 0.5) is 0 Å². The zero-order chi connectivity index (χ0) is 24.6. The van der Waals surface area contributed by atoms with Gasteiger partial charge in [0.2, 0.25) is 0 Å². The number of carbonyl (C=O) groups excluding carboxylic acids is 2. The molecule has 5 nitrogen and oxygen atoms in total. The smallest absolute Gasteiger partial charge is 0.308 e. The average Bonchev–Trinajstić information content (AvgIpc) is 2.87. The first-order valence-corrected chi connectivity index (χ1v) is 12.6. The fourth-order valence-electron chi connectivity index (χ4n) is 6.34. The minimum Gasteiger partial charge on any atom is -0.427 e. The Morgan fingerprint density at radius 2 is 1.80 bits per heavy atom. The van der Waals surface area contributed by atoms with E-state index in [0.717, 1.165) is 55.1 Å². The lowest BCUT2D eigenvalue weighted by molar-refractivity contribution is -0.131. The van der Waals surface area contributed by atoms with E-state index in [1.165, 1.54) is 12.5 Å². The molecule has 35 heavy (non-hydrogen) atoms. The highest BCUT2D eigenvalue weighted by atomic mass is 16.5. The summed E-state index contributed by atoms with van der Waals surface area (Å²) in [5.41, 5.74) is 1.93. The van der Waals surface area contributed by atoms with E-state index in [2.05, 4.69) is 30.1 Å². The van der Waals surface area contributed by atoms with Crippen LogP contribution in [0, 0.1) is 5.92 Å². The molecule has 3 atom stereocenters. The summed E-state index contributed by atoms with van der Waals surface area (Å²) in [4.78, 5) is 29.5. The molecular formula is C30H34N2O3. The standard InChI is InChI=1S/C30H34N2O3/c1-21(33)35-28-10-6-9-25(18-28)30-15-16-31(2)20-26(30)13-14-27(19-30)32(3)29(34)24-12-11-22-7-4-5-8-23(22)17-24/h4-12,17-18,26-27H,13-16,19-20H2,1-3H3/t26-,27-,30+/m1/s1. The molecule has 1 amide bonds. The summed E-state index contributed by atoms with van der Waals surface area (Å²) < 4.78 is 5.43. The van der Waals surface area contributed by atoms with Gasteiger partial charge in [-0.05, 0) is 85.8 Å². The molecule has 2 fully saturated rings. The Morgan fingerprint density at radius 3 is 2.60 bits per heavy atom. The van der Waals surface area contributed by atoms with Crippen molar-refractivity contribution in [2.24, 2.45) is 5.92 Å². The number of rotatable bonds is 4. The van der Waals surface area contributed by atoms with Crippen molar-refractivity contribution < 1.29 is 14.3 Å². The van der Waals surface area contributed by atoms with E-state index >= 15 is 0 Å². The van der Waals surface area contributed by atoms with Crippen LogP contribution in [0.2, 0.25) is 0 Å². The topological polar surface area (TPSA) is 49.9 Å². The van der Waals surface area contributed by atoms with Gasteiger partial charge in [0.15, 0.2) is 0 Å². The number of likely N-dealkylation sites (tertiary alicyclic amines) is 1. The van der Waals surface area contributed by atoms with Gasteiger partial charge < -0.3 is 14.5 Å². The lowest BCUT2D eigenvalue weighted by atomic mass is 9.58. The second-order valence-electron chi connectivity index (χ2n) is 10.4. The van der Waals surface area contributed by atoms with Crippen LogP contribution < -0.4 is 4.74 Å². The predicted octanol–water partition coefficient (Wildman–Crippen LogP) is 5.28. The summed E-state index contributed by atoms with van der Waals surface area (Å²) >= 11 is 0. The summed E-state index contributed by atoms with van der Waals surface area (Å²) in [6, 6.07) is 22.4. The minimum atomic E-state index is -0.304. The van der Waals surface area contributed by atoms with Crippen LogP contribution in [0.15, 0.2) is 66.7 Å². The maximum Gasteiger partial charge on any atom is 0.308 e. The van der Waals surface area contributed by atoms with E-state index in [0.29, 0.717) is 11.7 Å². The van der Waals surface area contributed by atoms with Crippen LogP contribution in [0.5, 0.6) is 5.75 Å². The van der Waals surface area contributed by atoms with Gasteiger partial charge >= 0.3 is 5.97 Å². The van der Waals surface area contributed by atoms with Gasteiger partial charge in [0.05, 0.1) is 0 Å². The fraction of sp³-hybridized carbons (Fsp3) is 0.400. The van der Waals surface area contributed by atoms with E-state index in [-0.39, 0.29) is 23.3 Å². The van der Waals surface area contributed by atoms with Gasteiger partial charge in [0.1, 0.15) is 5.75 Å². The first kappa shape index (κ1) is 23.6. The summed E-state index contributed by atoms with van der Waals surface area (Å²) in [7, 11) is 4.15. The van der Waals surface area contributed by atoms with Crippen LogP contribution >= 0.6 is 0 Å². The number of piperidine rings is 1. The van der Waals surface area contributed by atoms with Gasteiger partial charge in [0.25, 0.3) is 5.91 Å². The van der Waals surface area contributed by atoms with Crippen LogP contribution in [0.25, 0.3) is 10.8 Å². The minimum absolute atomic E-state index is 0.0382. The summed E-state index contributed by atoms with van der Waals surface area (Å²) in [5, 5.41) is 2.23. The highest BCUT2D eigenvalue weighted by molar-refractivity contribution is 5.98. The lowest BCUT2D eigenvalue weighted by Gasteiger charge is -2.53. The number of amides is 1. The van der Waals surface area contributed by atoms with Crippen molar-refractivity contribution in [1.29, 1.82) is 0 Å². The van der Waals surface area contributed by atoms with Crippen LogP contribution in [-0.2, 0) is 10.2 Å². The monoisotopic (exact) mass is 470 g/mol. The second-order valence-corrected chi connectivity index (χ2v) is 10.4. The summed E-state index contributed by atoms with van der Waals surface area (Å²) in [6.07, 6.45) is 4.03. The molecule has 5 rings (SSSR count). The third kappa shape index (κ3) is 4.57. The molecule has 0 radical (unpaired) electrons. The van der Waals surface area contributed by atoms with E-state index in [1.54, 1.807) is 0 Å². The maximum atomic E-state index is 13.6. The number of ether oxygens (including phenoxy) is 1. The summed E-state index contributed by atoms with van der Waals surface area (Å²) in [5.74, 6) is 0.886. The molecule has 0 N–H and O–H groups in total. The van der Waals surface area contributed by atoms with E-state index in [4.69, 9.17) is 4.74 Å². The normalized spacial score (nSPS) is 24.5. The van der Waals surface area contributed by atoms with Gasteiger partial charge in [-0.3, -0.25) is 9.59 Å². The molecule has 0 spiro atoms. The molecule has 1 aliphatic carbocycles. The number of benzene rings is 3. The van der Waals surface area contributed by atoms with Crippen LogP contribution in [-0.4, -0.2) is 54.9 Å². The Kier molecular flexibility index (Phi) is 6.37. The number of nitrogens with zero attached hydrogens (tertiary/aromatic N) is 2. The molecule has 0 unspecified atom stereocenters. The Balaban J connectivity index is 1.44. The molecule has 1 aliphatic heterocycles. The molecule has 1 heterocycles. The molecule has 0 aromatic heterocycles. The molecule has 2 aliphatic rings. The van der Waals surface area contributed by atoms with E-state index in [1.807, 2.05) is 60.5 Å². The molecular weight excluding hydrogens is 436 g/mol. The number of fused-ring (bicyclic) bond motifs is 2. The van der Waals surface area contributed by atoms with Gasteiger partial charge in [-0.15, -0.1) is 0 Å². The third-order valence-corrected chi connectivity index (χ3v) is 8.24. The van der Waals surface area contributed by atoms with Crippen molar-refractivity contribution in [1.82, 2.24) is 9.80 Å². The largest absolute Gasteiger partial charge is 0.427 e. The number of hydrogen-bond donors (Lipinski definition) is 0. The highest BCUT2D eigenvalue weighted by Crippen LogP contribution is 2.50. The zero-order valence-electron chi connectivity index (χ0n) is 20.9. The van der Waals surface area contributed by atoms with Crippen molar-refractivity contribution in [2.45, 2.75) is 44.1 Å². The van der Waals surface area contributed by atoms with Crippen molar-refractivity contribution >= 4 is 22.6 Å². The maximum absolute atomic E-state index is 13.6. The zero-order valence-corrected chi connectivity index (χ0v) is 20.9. The number of carbonyl (C=O) groups is 2. The van der Waals surface area contributed by atoms with Gasteiger partial charge in [-0.25, -0.2) is 0 Å². The van der Waals surface area contributed by atoms with Crippen LogP contribution in [0.1, 0.15) is 48.5 Å². The SMILES string of the molecule is CC(=O)Oc1cccc([C@@]23CCN(C)C[C@H]2CC[C@@H](N(C)C(=O)c2ccc4ccccc4c2)C3)c1. The van der Waals surface area contributed by atoms with Crippen molar-refractivity contribution in [2.75, 3.05) is 27.2 Å². The Bertz CT molecular complexity index is 1260. The van der Waals surface area contributed by atoms with Crippen LogP contribution in [0.3, 0.4) is 0 Å². The van der Waals surface area contributed by atoms with E-state index < -0.39 is 0 Å². The number of esters is 1. The van der Waals surface area contributed by atoms with E-state index in [9.17, 15) is 9.59 Å². The van der Waals surface area contributed by atoms with Gasteiger partial charge in [0, 0.05) is 37.5 Å². The predicted molar refractivity (Wildman–Crippen MR) is 139 cm³/mol. The molecule has 3 aromatic carbocycles. The number of hydrogen-bond acceptors (Lipinski definition) is 4. The fourth-order valence-corrected chi connectivity index (χ4v) is 6.34. The van der Waals surface area contributed by atoms with Gasteiger partial charge in [-0.1, -0.05) is 42.5 Å². The Hall–Kier alpha value is -3.18. The average molecular weight is 471 g/mol. The first-order valence-electron chi connectivity index (χ1n) is 12.6. The quantitative estimate of drug-likeness (QED) is 0.385. The summed E-state index contributed by atoms with van der Waals surface area (Å²) in [6.45, 7) is 3.50. The molecule has 3 aromatic rings. The highest BCUT2D eigenvalue weighted by Gasteiger charge is 2.48. The molecule has 1 saturated carbocycles. The van der Waals surface area contributed by atoms with Crippen molar-refractivity contribution in [3.63, 3.8) is 0 Å². The molecule has 1 saturated heterocycles. The lowest BCUT2D eigenvalue weighted by Crippen LogP contribution is -2.55. The van der Waals surface area contributed by atoms with Gasteiger partial charge in [-0.2, -0.15) is 0 Å². The third-order valence-electron chi connectivity index (χ3n) is 8.24. The second kappa shape index (κ2) is 9.46. The molecule has 5 heteroatoms. The van der Waals surface area contributed by atoms with Crippen molar-refractivity contribution in [3.8, 4) is 5.75 Å². The molecule has 182 valence electrons.